The highest BCUT2D eigenvalue weighted by molar-refractivity contribution is 5.90. The van der Waals surface area contributed by atoms with E-state index in [1.54, 1.807) is 6.08 Å². The smallest absolute Gasteiger partial charge is 0.155 e. The lowest BCUT2D eigenvalue weighted by Gasteiger charge is -2.17. The molecule has 5 heteroatoms. The van der Waals surface area contributed by atoms with Crippen LogP contribution < -0.4 is 5.11 Å². The number of rotatable bonds is 13. The van der Waals surface area contributed by atoms with Gasteiger partial charge < -0.3 is 15.0 Å². The van der Waals surface area contributed by atoms with Crippen LogP contribution in [-0.4, -0.2) is 28.7 Å². The Morgan fingerprint density at radius 2 is 1.80 bits per heavy atom. The Balaban J connectivity index is 2.40. The lowest BCUT2D eigenvalue weighted by Crippen LogP contribution is -2.21. The molecule has 1 saturated carbocycles. The van der Waals surface area contributed by atoms with E-state index in [1.807, 2.05) is 0 Å². The van der Waals surface area contributed by atoms with E-state index in [1.165, 1.54) is 6.08 Å². The topological polar surface area (TPSA) is 94.5 Å². The highest BCUT2D eigenvalue weighted by atomic mass is 16.4. The van der Waals surface area contributed by atoms with Crippen LogP contribution >= 0.6 is 0 Å². The number of aliphatic carboxylic acids is 1. The van der Waals surface area contributed by atoms with Crippen LogP contribution in [0.5, 0.6) is 0 Å². The molecule has 0 radical (unpaired) electrons. The molecular formula is C20H31O5-. The van der Waals surface area contributed by atoms with E-state index in [9.17, 15) is 24.6 Å². The second-order valence-electron chi connectivity index (χ2n) is 7.03. The number of ketones is 2. The zero-order chi connectivity index (χ0) is 18.7. The Bertz CT molecular complexity index is 469. The van der Waals surface area contributed by atoms with Crippen LogP contribution in [-0.2, 0) is 14.4 Å². The van der Waals surface area contributed by atoms with Crippen molar-refractivity contribution in [3.63, 3.8) is 0 Å². The molecule has 0 saturated heterocycles. The fraction of sp³-hybridized carbons (Fsp3) is 0.750. The lowest BCUT2D eigenvalue weighted by molar-refractivity contribution is -0.305. The van der Waals surface area contributed by atoms with Gasteiger partial charge >= 0.3 is 0 Å². The summed E-state index contributed by atoms with van der Waals surface area (Å²) in [6.07, 6.45) is 10.1. The van der Waals surface area contributed by atoms with Crippen molar-refractivity contribution < 1.29 is 24.6 Å². The lowest BCUT2D eigenvalue weighted by atomic mass is 9.88. The number of aliphatic hydroxyl groups is 1. The number of unbranched alkanes of at least 4 members (excludes halogenated alkanes) is 5. The molecule has 0 spiro atoms. The number of hydrogen-bond donors (Lipinski definition) is 1. The minimum absolute atomic E-state index is 0.0565. The van der Waals surface area contributed by atoms with E-state index in [2.05, 4.69) is 6.92 Å². The van der Waals surface area contributed by atoms with E-state index in [0.717, 1.165) is 38.5 Å². The summed E-state index contributed by atoms with van der Waals surface area (Å²) in [6, 6.07) is 0. The van der Waals surface area contributed by atoms with Gasteiger partial charge in [0.05, 0.1) is 6.10 Å². The molecule has 1 N–H and O–H groups in total. The van der Waals surface area contributed by atoms with Gasteiger partial charge in [-0.3, -0.25) is 9.59 Å². The molecule has 0 unspecified atom stereocenters. The van der Waals surface area contributed by atoms with Gasteiger partial charge in [-0.25, -0.2) is 0 Å². The average Bonchev–Trinajstić information content (AvgIpc) is 2.82. The minimum Gasteiger partial charge on any atom is -0.550 e. The van der Waals surface area contributed by atoms with Crippen molar-refractivity contribution in [2.75, 3.05) is 0 Å². The van der Waals surface area contributed by atoms with Gasteiger partial charge in [0.25, 0.3) is 0 Å². The van der Waals surface area contributed by atoms with E-state index in [4.69, 9.17) is 0 Å². The van der Waals surface area contributed by atoms with Crippen LogP contribution in [0.3, 0.4) is 0 Å². The van der Waals surface area contributed by atoms with Crippen molar-refractivity contribution in [2.45, 2.75) is 83.7 Å². The monoisotopic (exact) mass is 351 g/mol. The van der Waals surface area contributed by atoms with Crippen molar-refractivity contribution >= 4 is 17.5 Å². The van der Waals surface area contributed by atoms with Crippen molar-refractivity contribution in [1.82, 2.24) is 0 Å². The van der Waals surface area contributed by atoms with Crippen molar-refractivity contribution in [2.24, 2.45) is 11.8 Å². The molecule has 0 bridgehead atoms. The molecule has 1 rings (SSSR count). The average molecular weight is 351 g/mol. The number of carbonyl (C=O) groups is 3. The number of carbonyl (C=O) groups excluding carboxylic acids is 3. The molecular weight excluding hydrogens is 320 g/mol. The SMILES string of the molecule is CCCCCC(=O)/C=C/[C@H]1[C@H](O)CC(=O)[C@@H]1CCCCCCC(=O)[O-]. The van der Waals surface area contributed by atoms with Gasteiger partial charge in [0.15, 0.2) is 5.78 Å². The van der Waals surface area contributed by atoms with Crippen LogP contribution in [0.1, 0.15) is 77.6 Å². The maximum Gasteiger partial charge on any atom is 0.155 e. The fourth-order valence-corrected chi connectivity index (χ4v) is 3.43. The molecule has 3 atom stereocenters. The Morgan fingerprint density at radius 3 is 2.48 bits per heavy atom. The van der Waals surface area contributed by atoms with Crippen LogP contribution in [0, 0.1) is 11.8 Å². The molecule has 0 aliphatic heterocycles. The van der Waals surface area contributed by atoms with Gasteiger partial charge in [0.1, 0.15) is 5.78 Å². The molecule has 1 aliphatic rings. The summed E-state index contributed by atoms with van der Waals surface area (Å²) < 4.78 is 0. The summed E-state index contributed by atoms with van der Waals surface area (Å²) >= 11 is 0. The zero-order valence-corrected chi connectivity index (χ0v) is 15.2. The first-order valence-corrected chi connectivity index (χ1v) is 9.57. The summed E-state index contributed by atoms with van der Waals surface area (Å²) in [5.41, 5.74) is 0. The van der Waals surface area contributed by atoms with Gasteiger partial charge in [-0.2, -0.15) is 0 Å². The van der Waals surface area contributed by atoms with Crippen LogP contribution in [0.4, 0.5) is 0 Å². The van der Waals surface area contributed by atoms with E-state index in [-0.39, 0.29) is 36.2 Å². The van der Waals surface area contributed by atoms with Crippen LogP contribution in [0.15, 0.2) is 12.2 Å². The number of hydrogen-bond acceptors (Lipinski definition) is 5. The number of carboxylic acid groups (broad SMARTS) is 1. The number of allylic oxidation sites excluding steroid dienone is 1. The van der Waals surface area contributed by atoms with Gasteiger partial charge in [-0.15, -0.1) is 0 Å². The summed E-state index contributed by atoms with van der Waals surface area (Å²) in [5.74, 6) is -1.40. The first-order chi connectivity index (χ1) is 12.0. The normalized spacial score (nSPS) is 23.4. The Labute approximate surface area is 150 Å². The molecule has 0 aromatic carbocycles. The Morgan fingerprint density at radius 1 is 1.12 bits per heavy atom. The Hall–Kier alpha value is -1.49. The molecule has 1 aliphatic carbocycles. The van der Waals surface area contributed by atoms with Gasteiger partial charge in [0.2, 0.25) is 0 Å². The second-order valence-corrected chi connectivity index (χ2v) is 7.03. The summed E-state index contributed by atoms with van der Waals surface area (Å²) in [5, 5.41) is 20.5. The van der Waals surface area contributed by atoms with Crippen LogP contribution in [0.2, 0.25) is 0 Å². The molecule has 5 nitrogen and oxygen atoms in total. The second kappa shape index (κ2) is 12.0. The highest BCUT2D eigenvalue weighted by Gasteiger charge is 2.39. The van der Waals surface area contributed by atoms with Crippen molar-refractivity contribution in [3.8, 4) is 0 Å². The number of carboxylic acids is 1. The summed E-state index contributed by atoms with van der Waals surface area (Å²) in [4.78, 5) is 34.3. The molecule has 1 fully saturated rings. The van der Waals surface area contributed by atoms with Crippen LogP contribution in [0.25, 0.3) is 0 Å². The molecule has 0 heterocycles. The molecule has 0 amide bonds. The van der Waals surface area contributed by atoms with Gasteiger partial charge in [-0.1, -0.05) is 45.1 Å². The predicted octanol–water partition coefficient (Wildman–Crippen LogP) is 2.35. The van der Waals surface area contributed by atoms with Gasteiger partial charge in [-0.05, 0) is 31.8 Å². The number of aliphatic hydroxyl groups excluding tert-OH is 1. The minimum atomic E-state index is -1.03. The van der Waals surface area contributed by atoms with Crippen molar-refractivity contribution in [3.05, 3.63) is 12.2 Å². The molecule has 0 aromatic heterocycles. The third-order valence-electron chi connectivity index (χ3n) is 4.91. The number of Topliss-reactive ketones (excluding diaryl/α,β-unsaturated/α-hetero) is 1. The highest BCUT2D eigenvalue weighted by Crippen LogP contribution is 2.34. The first-order valence-electron chi connectivity index (χ1n) is 9.57. The maximum atomic E-state index is 12.1. The first kappa shape index (κ1) is 21.6. The van der Waals surface area contributed by atoms with Gasteiger partial charge in [0, 0.05) is 30.6 Å². The standard InChI is InChI=1S/C20H32O5/c1-2-3-6-9-15(21)12-13-17-16(18(22)14-19(17)23)10-7-4-5-8-11-20(24)25/h12-13,16-17,19,23H,2-11,14H2,1H3,(H,24,25)/p-1/b13-12+/t16-,17-,19-/m1/s1. The molecule has 142 valence electrons. The molecule has 0 aromatic rings. The van der Waals surface area contributed by atoms with Crippen molar-refractivity contribution in [1.29, 1.82) is 0 Å². The third kappa shape index (κ3) is 8.43. The summed E-state index contributed by atoms with van der Waals surface area (Å²) in [7, 11) is 0. The predicted molar refractivity (Wildman–Crippen MR) is 93.6 cm³/mol. The fourth-order valence-electron chi connectivity index (χ4n) is 3.43. The molecule has 25 heavy (non-hydrogen) atoms. The Kier molecular flexibility index (Phi) is 10.3. The zero-order valence-electron chi connectivity index (χ0n) is 15.2. The quantitative estimate of drug-likeness (QED) is 0.406. The van der Waals surface area contributed by atoms with E-state index in [0.29, 0.717) is 19.3 Å². The van der Waals surface area contributed by atoms with E-state index >= 15 is 0 Å². The van der Waals surface area contributed by atoms with E-state index < -0.39 is 12.1 Å². The largest absolute Gasteiger partial charge is 0.550 e. The third-order valence-corrected chi connectivity index (χ3v) is 4.91. The summed E-state index contributed by atoms with van der Waals surface area (Å²) in [6.45, 7) is 2.09. The maximum absolute atomic E-state index is 12.1.